The van der Waals surface area contributed by atoms with Crippen LogP contribution in [0.15, 0.2) is 48.2 Å². The van der Waals surface area contributed by atoms with Crippen LogP contribution < -0.4 is 10.6 Å². The molecular formula is C11H12FN3O. The summed E-state index contributed by atoms with van der Waals surface area (Å²) in [6.45, 7) is 1.55. The standard InChI is InChI=1S/C11H12FN3O/c1-9(13)6-10(12)7-15(8-16)11-4-2-3-5-14-11/h2-8H,13H2,1H3/b9-6+,10-7+. The van der Waals surface area contributed by atoms with Crippen LogP contribution >= 0.6 is 0 Å². The Bertz CT molecular complexity index is 410. The third-order valence-corrected chi connectivity index (χ3v) is 1.66. The van der Waals surface area contributed by atoms with E-state index in [0.717, 1.165) is 17.2 Å². The molecule has 0 aliphatic carbocycles. The molecule has 1 aromatic heterocycles. The SMILES string of the molecule is C/C(N)=C\C(F)=C/N(C=O)c1ccccn1. The molecule has 16 heavy (non-hydrogen) atoms. The quantitative estimate of drug-likeness (QED) is 0.622. The van der Waals surface area contributed by atoms with E-state index in [0.29, 0.717) is 17.9 Å². The molecule has 0 atom stereocenters. The Morgan fingerprint density at radius 2 is 2.31 bits per heavy atom. The fraction of sp³-hybridized carbons (Fsp3) is 0.0909. The number of halogens is 1. The second-order valence-corrected chi connectivity index (χ2v) is 3.10. The first-order valence-corrected chi connectivity index (χ1v) is 4.59. The molecule has 1 heterocycles. The summed E-state index contributed by atoms with van der Waals surface area (Å²) in [7, 11) is 0. The normalized spacial score (nSPS) is 12.4. The first-order chi connectivity index (χ1) is 7.63. The molecule has 0 aliphatic heterocycles. The van der Waals surface area contributed by atoms with E-state index >= 15 is 0 Å². The highest BCUT2D eigenvalue weighted by Gasteiger charge is 2.03. The molecule has 0 saturated carbocycles. The zero-order valence-corrected chi connectivity index (χ0v) is 8.80. The average Bonchev–Trinajstić information content (AvgIpc) is 2.26. The monoisotopic (exact) mass is 221 g/mol. The number of hydrogen-bond donors (Lipinski definition) is 1. The molecular weight excluding hydrogens is 209 g/mol. The number of allylic oxidation sites excluding steroid dienone is 3. The highest BCUT2D eigenvalue weighted by atomic mass is 19.1. The number of nitrogens with two attached hydrogens (primary N) is 1. The van der Waals surface area contributed by atoms with Crippen molar-refractivity contribution in [2.75, 3.05) is 4.90 Å². The van der Waals surface area contributed by atoms with Crippen LogP contribution in [0.4, 0.5) is 10.2 Å². The molecule has 0 unspecified atom stereocenters. The minimum absolute atomic E-state index is 0.320. The number of aromatic nitrogens is 1. The number of hydrogen-bond acceptors (Lipinski definition) is 3. The lowest BCUT2D eigenvalue weighted by Gasteiger charge is -2.10. The maximum absolute atomic E-state index is 13.3. The van der Waals surface area contributed by atoms with Crippen molar-refractivity contribution >= 4 is 12.2 Å². The van der Waals surface area contributed by atoms with Crippen molar-refractivity contribution < 1.29 is 9.18 Å². The summed E-state index contributed by atoms with van der Waals surface area (Å²) in [5, 5.41) is 0. The lowest BCUT2D eigenvalue weighted by atomic mass is 10.4. The number of rotatable bonds is 4. The highest BCUT2D eigenvalue weighted by molar-refractivity contribution is 5.75. The predicted molar refractivity (Wildman–Crippen MR) is 59.9 cm³/mol. The number of nitrogens with zero attached hydrogens (tertiary/aromatic N) is 2. The van der Waals surface area contributed by atoms with Crippen molar-refractivity contribution in [2.24, 2.45) is 5.73 Å². The molecule has 0 spiro atoms. The molecule has 0 radical (unpaired) electrons. The first kappa shape index (κ1) is 11.9. The van der Waals surface area contributed by atoms with Gasteiger partial charge in [0.25, 0.3) is 0 Å². The van der Waals surface area contributed by atoms with Gasteiger partial charge >= 0.3 is 0 Å². The van der Waals surface area contributed by atoms with Crippen LogP contribution in [0.2, 0.25) is 0 Å². The topological polar surface area (TPSA) is 59.2 Å². The number of anilines is 1. The fourth-order valence-corrected chi connectivity index (χ4v) is 1.04. The van der Waals surface area contributed by atoms with Crippen LogP contribution in [0.3, 0.4) is 0 Å². The molecule has 0 fully saturated rings. The lowest BCUT2D eigenvalue weighted by molar-refractivity contribution is -0.107. The Kier molecular flexibility index (Phi) is 4.20. The van der Waals surface area contributed by atoms with E-state index in [4.69, 9.17) is 5.73 Å². The lowest BCUT2D eigenvalue weighted by Crippen LogP contribution is -2.14. The van der Waals surface area contributed by atoms with Gasteiger partial charge in [0.15, 0.2) is 0 Å². The Hall–Kier alpha value is -2.17. The Morgan fingerprint density at radius 1 is 1.56 bits per heavy atom. The average molecular weight is 221 g/mol. The first-order valence-electron chi connectivity index (χ1n) is 4.59. The molecule has 0 bridgehead atoms. The van der Waals surface area contributed by atoms with E-state index < -0.39 is 5.83 Å². The van der Waals surface area contributed by atoms with Gasteiger partial charge in [-0.1, -0.05) is 6.07 Å². The Labute approximate surface area is 92.9 Å². The van der Waals surface area contributed by atoms with E-state index in [9.17, 15) is 9.18 Å². The van der Waals surface area contributed by atoms with Gasteiger partial charge in [-0.3, -0.25) is 9.69 Å². The number of carbonyl (C=O) groups excluding carboxylic acids is 1. The van der Waals surface area contributed by atoms with Gasteiger partial charge in [-0.2, -0.15) is 0 Å². The van der Waals surface area contributed by atoms with Crippen LogP contribution in [0.1, 0.15) is 6.92 Å². The number of amides is 1. The van der Waals surface area contributed by atoms with Crippen LogP contribution in [-0.4, -0.2) is 11.4 Å². The Morgan fingerprint density at radius 3 is 2.81 bits per heavy atom. The van der Waals surface area contributed by atoms with Crippen molar-refractivity contribution in [2.45, 2.75) is 6.92 Å². The van der Waals surface area contributed by atoms with Crippen molar-refractivity contribution in [3.63, 3.8) is 0 Å². The van der Waals surface area contributed by atoms with Gasteiger partial charge in [0.2, 0.25) is 6.41 Å². The molecule has 0 aromatic carbocycles. The molecule has 1 amide bonds. The molecule has 1 rings (SSSR count). The number of pyridine rings is 1. The third kappa shape index (κ3) is 3.53. The summed E-state index contributed by atoms with van der Waals surface area (Å²) in [5.41, 5.74) is 5.63. The van der Waals surface area contributed by atoms with E-state index in [1.807, 2.05) is 0 Å². The second-order valence-electron chi connectivity index (χ2n) is 3.10. The van der Waals surface area contributed by atoms with E-state index in [1.54, 1.807) is 25.1 Å². The minimum Gasteiger partial charge on any atom is -0.402 e. The van der Waals surface area contributed by atoms with Gasteiger partial charge in [-0.05, 0) is 25.1 Å². The molecule has 4 nitrogen and oxygen atoms in total. The van der Waals surface area contributed by atoms with Gasteiger partial charge in [-0.15, -0.1) is 0 Å². The zero-order chi connectivity index (χ0) is 12.0. The summed E-state index contributed by atoms with van der Waals surface area (Å²) < 4.78 is 13.3. The maximum Gasteiger partial charge on any atom is 0.219 e. The largest absolute Gasteiger partial charge is 0.402 e. The van der Waals surface area contributed by atoms with Gasteiger partial charge in [0.1, 0.15) is 11.6 Å². The molecule has 5 heteroatoms. The van der Waals surface area contributed by atoms with Crippen LogP contribution in [0.25, 0.3) is 0 Å². The molecule has 1 aromatic rings. The summed E-state index contributed by atoms with van der Waals surface area (Å²) in [6.07, 6.45) is 4.13. The Balaban J connectivity index is 2.93. The van der Waals surface area contributed by atoms with Crippen LogP contribution in [0.5, 0.6) is 0 Å². The van der Waals surface area contributed by atoms with Crippen molar-refractivity contribution in [3.8, 4) is 0 Å². The van der Waals surface area contributed by atoms with E-state index in [1.165, 1.54) is 6.20 Å². The second kappa shape index (κ2) is 5.65. The zero-order valence-electron chi connectivity index (χ0n) is 8.80. The molecule has 0 saturated heterocycles. The van der Waals surface area contributed by atoms with Gasteiger partial charge in [-0.25, -0.2) is 9.37 Å². The maximum atomic E-state index is 13.3. The third-order valence-electron chi connectivity index (χ3n) is 1.66. The van der Waals surface area contributed by atoms with Gasteiger partial charge in [0, 0.05) is 18.1 Å². The summed E-state index contributed by atoms with van der Waals surface area (Å²) in [4.78, 5) is 15.7. The smallest absolute Gasteiger partial charge is 0.219 e. The summed E-state index contributed by atoms with van der Waals surface area (Å²) in [5.74, 6) is -0.270. The number of carbonyl (C=O) groups is 1. The van der Waals surface area contributed by atoms with Crippen molar-refractivity contribution in [1.29, 1.82) is 0 Å². The predicted octanol–water partition coefficient (Wildman–Crippen LogP) is 1.72. The molecule has 84 valence electrons. The van der Waals surface area contributed by atoms with Gasteiger partial charge < -0.3 is 5.73 Å². The van der Waals surface area contributed by atoms with Crippen molar-refractivity contribution in [1.82, 2.24) is 4.98 Å². The molecule has 2 N–H and O–H groups in total. The van der Waals surface area contributed by atoms with E-state index in [2.05, 4.69) is 4.98 Å². The van der Waals surface area contributed by atoms with Crippen LogP contribution in [-0.2, 0) is 4.79 Å². The minimum atomic E-state index is -0.613. The highest BCUT2D eigenvalue weighted by Crippen LogP contribution is 2.10. The summed E-state index contributed by atoms with van der Waals surface area (Å²) in [6, 6.07) is 5.00. The fourth-order valence-electron chi connectivity index (χ4n) is 1.04. The van der Waals surface area contributed by atoms with E-state index in [-0.39, 0.29) is 0 Å². The van der Waals surface area contributed by atoms with Crippen molar-refractivity contribution in [3.05, 3.63) is 48.2 Å². The summed E-state index contributed by atoms with van der Waals surface area (Å²) >= 11 is 0. The van der Waals surface area contributed by atoms with Crippen LogP contribution in [0, 0.1) is 0 Å². The van der Waals surface area contributed by atoms with Gasteiger partial charge in [0.05, 0.1) is 0 Å². The molecule has 0 aliphatic rings.